The van der Waals surface area contributed by atoms with Gasteiger partial charge in [-0.25, -0.2) is 26.0 Å². The van der Waals surface area contributed by atoms with E-state index in [1.165, 1.54) is 21.5 Å². The van der Waals surface area contributed by atoms with Gasteiger partial charge >= 0.3 is 6.03 Å². The molecule has 2 atom stereocenters. The van der Waals surface area contributed by atoms with Gasteiger partial charge in [0.05, 0.1) is 37.2 Å². The van der Waals surface area contributed by atoms with Crippen LogP contribution in [-0.4, -0.2) is 125 Å². The van der Waals surface area contributed by atoms with Crippen molar-refractivity contribution in [3.63, 3.8) is 0 Å². The highest BCUT2D eigenvalue weighted by Crippen LogP contribution is 2.46. The summed E-state index contributed by atoms with van der Waals surface area (Å²) in [7, 11) is -7.49. The molecule has 0 unspecified atom stereocenters. The largest absolute Gasteiger partial charge is 0.493 e. The van der Waals surface area contributed by atoms with Crippen molar-refractivity contribution in [2.24, 2.45) is 4.99 Å². The lowest BCUT2D eigenvalue weighted by Gasteiger charge is -2.39. The van der Waals surface area contributed by atoms with Gasteiger partial charge in [-0.1, -0.05) is 47.5 Å². The van der Waals surface area contributed by atoms with E-state index < -0.39 is 48.7 Å². The maximum Gasteiger partial charge on any atom is 0.326 e. The fraction of sp³-hybridized carbons (Fsp3) is 0.429. The summed E-state index contributed by atoms with van der Waals surface area (Å²) in [5.41, 5.74) is 1.55. The molecule has 3 aromatic carbocycles. The third-order valence-corrected chi connectivity index (χ3v) is 12.6. The Morgan fingerprint density at radius 1 is 0.904 bits per heavy atom. The Kier molecular flexibility index (Phi) is 11.8. The van der Waals surface area contributed by atoms with E-state index in [9.17, 15) is 21.6 Å². The second kappa shape index (κ2) is 16.0. The van der Waals surface area contributed by atoms with Crippen molar-refractivity contribution >= 4 is 54.9 Å². The molecule has 3 heterocycles. The van der Waals surface area contributed by atoms with Crippen molar-refractivity contribution in [2.45, 2.75) is 23.9 Å². The molecule has 0 spiro atoms. The van der Waals surface area contributed by atoms with Crippen molar-refractivity contribution < 1.29 is 35.5 Å². The molecule has 2 saturated heterocycles. The van der Waals surface area contributed by atoms with E-state index in [-0.39, 0.29) is 55.8 Å². The number of piperazine rings is 1. The number of amides is 2. The van der Waals surface area contributed by atoms with Crippen LogP contribution in [-0.2, 0) is 24.6 Å². The maximum atomic E-state index is 15.9. The molecular weight excluding hydrogens is 756 g/mol. The van der Waals surface area contributed by atoms with Crippen LogP contribution in [0.3, 0.4) is 0 Å². The minimum atomic E-state index is -4.32. The van der Waals surface area contributed by atoms with Crippen LogP contribution in [0.25, 0.3) is 0 Å². The summed E-state index contributed by atoms with van der Waals surface area (Å²) in [4.78, 5) is 24.6. The number of benzene rings is 3. The average Bonchev–Trinajstić information content (AvgIpc) is 3.52. The smallest absolute Gasteiger partial charge is 0.326 e. The Morgan fingerprint density at radius 3 is 2.08 bits per heavy atom. The SMILES string of the molecule is CCOc1cc(F)c(S(=O)(=O)N2CCOCC2)cc1C1=N[C@@H](c2ccc(Cl)cc2)[C@@H](c2ccc(Cl)cc2)N1C(=O)N1CCN(CCS(C)(=O)=O)CC1. The molecular formula is C35H40Cl2FN5O7S2. The number of morpholine rings is 1. The summed E-state index contributed by atoms with van der Waals surface area (Å²) in [6, 6.07) is 14.5. The number of nitrogens with zero attached hydrogens (tertiary/aromatic N) is 5. The van der Waals surface area contributed by atoms with Crippen molar-refractivity contribution in [3.05, 3.63) is 93.2 Å². The lowest BCUT2D eigenvalue weighted by molar-refractivity contribution is 0.0729. The van der Waals surface area contributed by atoms with Crippen LogP contribution in [0.5, 0.6) is 5.75 Å². The zero-order valence-corrected chi connectivity index (χ0v) is 31.9. The zero-order chi connectivity index (χ0) is 37.2. The summed E-state index contributed by atoms with van der Waals surface area (Å²) in [5, 5.41) is 0.995. The lowest BCUT2D eigenvalue weighted by Crippen LogP contribution is -2.54. The number of aliphatic imine (C=N–C) groups is 1. The lowest BCUT2D eigenvalue weighted by atomic mass is 9.93. The second-order valence-electron chi connectivity index (χ2n) is 12.8. The number of urea groups is 1. The molecule has 0 radical (unpaired) electrons. The van der Waals surface area contributed by atoms with Gasteiger partial charge in [0.1, 0.15) is 38.2 Å². The fourth-order valence-electron chi connectivity index (χ4n) is 6.57. The van der Waals surface area contributed by atoms with Crippen LogP contribution in [0.1, 0.15) is 35.7 Å². The first-order valence-corrected chi connectivity index (χ1v) is 21.1. The number of carbonyl (C=O) groups is 1. The number of halogens is 3. The van der Waals surface area contributed by atoms with Gasteiger partial charge in [-0.2, -0.15) is 4.31 Å². The molecule has 2 fully saturated rings. The average molecular weight is 797 g/mol. The molecule has 2 amide bonds. The predicted octanol–water partition coefficient (Wildman–Crippen LogP) is 4.88. The van der Waals surface area contributed by atoms with Crippen LogP contribution < -0.4 is 4.74 Å². The van der Waals surface area contributed by atoms with E-state index >= 15 is 4.39 Å². The number of amidine groups is 1. The van der Waals surface area contributed by atoms with Crippen LogP contribution in [0.4, 0.5) is 9.18 Å². The van der Waals surface area contributed by atoms with E-state index in [1.54, 1.807) is 48.2 Å². The number of ether oxygens (including phenoxy) is 2. The van der Waals surface area contributed by atoms with Gasteiger partial charge in [0.15, 0.2) is 0 Å². The summed E-state index contributed by atoms with van der Waals surface area (Å²) in [6.45, 7) is 4.12. The van der Waals surface area contributed by atoms with E-state index in [0.717, 1.165) is 11.6 Å². The number of hydrogen-bond donors (Lipinski definition) is 0. The number of carbonyl (C=O) groups excluding carboxylic acids is 1. The van der Waals surface area contributed by atoms with Gasteiger partial charge < -0.3 is 14.4 Å². The summed E-state index contributed by atoms with van der Waals surface area (Å²) >= 11 is 12.6. The Hall–Kier alpha value is -3.31. The summed E-state index contributed by atoms with van der Waals surface area (Å²) < 4.78 is 79.7. The maximum absolute atomic E-state index is 15.9. The van der Waals surface area contributed by atoms with Crippen LogP contribution in [0.15, 0.2) is 70.6 Å². The third-order valence-electron chi connectivity index (χ3n) is 9.28. The van der Waals surface area contributed by atoms with Gasteiger partial charge in [0.2, 0.25) is 10.0 Å². The Bertz CT molecular complexity index is 2020. The van der Waals surface area contributed by atoms with Crippen molar-refractivity contribution in [2.75, 3.05) is 77.6 Å². The molecule has 0 N–H and O–H groups in total. The van der Waals surface area contributed by atoms with Crippen LogP contribution in [0, 0.1) is 5.82 Å². The van der Waals surface area contributed by atoms with Crippen LogP contribution >= 0.6 is 23.2 Å². The van der Waals surface area contributed by atoms with Gasteiger partial charge in [-0.05, 0) is 48.4 Å². The van der Waals surface area contributed by atoms with E-state index in [0.29, 0.717) is 48.3 Å². The fourth-order valence-corrected chi connectivity index (χ4v) is 8.89. The second-order valence-corrected chi connectivity index (χ2v) is 17.8. The highest BCUT2D eigenvalue weighted by atomic mass is 35.5. The Balaban J connectivity index is 1.49. The molecule has 280 valence electrons. The number of sulfonamides is 1. The van der Waals surface area contributed by atoms with Crippen molar-refractivity contribution in [1.29, 1.82) is 0 Å². The quantitative estimate of drug-likeness (QED) is 0.284. The van der Waals surface area contributed by atoms with Crippen LogP contribution in [0.2, 0.25) is 10.0 Å². The predicted molar refractivity (Wildman–Crippen MR) is 197 cm³/mol. The first-order chi connectivity index (χ1) is 24.8. The Labute approximate surface area is 313 Å². The first-order valence-electron chi connectivity index (χ1n) is 16.9. The molecule has 52 heavy (non-hydrogen) atoms. The van der Waals surface area contributed by atoms with Gasteiger partial charge in [0, 0.05) is 68.2 Å². The number of rotatable bonds is 10. The molecule has 12 nitrogen and oxygen atoms in total. The molecule has 0 saturated carbocycles. The number of sulfone groups is 1. The van der Waals surface area contributed by atoms with Gasteiger partial charge in [0.25, 0.3) is 0 Å². The summed E-state index contributed by atoms with van der Waals surface area (Å²) in [6.07, 6.45) is 1.19. The molecule has 0 aliphatic carbocycles. The molecule has 3 aromatic rings. The molecule has 0 aromatic heterocycles. The first kappa shape index (κ1) is 38.4. The molecule has 17 heteroatoms. The van der Waals surface area contributed by atoms with Crippen molar-refractivity contribution in [1.82, 2.24) is 19.0 Å². The van der Waals surface area contributed by atoms with E-state index in [2.05, 4.69) is 0 Å². The van der Waals surface area contributed by atoms with E-state index in [4.69, 9.17) is 37.7 Å². The van der Waals surface area contributed by atoms with Gasteiger partial charge in [-0.3, -0.25) is 14.8 Å². The van der Waals surface area contributed by atoms with Gasteiger partial charge in [-0.15, -0.1) is 0 Å². The molecule has 3 aliphatic heterocycles. The molecule has 0 bridgehead atoms. The zero-order valence-electron chi connectivity index (χ0n) is 28.8. The highest BCUT2D eigenvalue weighted by molar-refractivity contribution is 7.90. The third kappa shape index (κ3) is 8.40. The Morgan fingerprint density at radius 2 is 1.50 bits per heavy atom. The minimum Gasteiger partial charge on any atom is -0.493 e. The standard InChI is InChI=1S/C35H40Cl2FN5O7S2/c1-3-50-30-23-29(38)31(52(47,48)42-16-19-49-20-17-42)22-28(30)34-39-32(24-4-8-26(36)9-5-24)33(25-6-10-27(37)11-7-25)43(34)35(44)41-14-12-40(13-15-41)18-21-51(2,45)46/h4-11,22-23,32-33H,3,12-21H2,1-2H3/t32-,33+/m0/s1. The molecule has 6 rings (SSSR count). The summed E-state index contributed by atoms with van der Waals surface area (Å²) in [5.74, 6) is -0.865. The van der Waals surface area contributed by atoms with Crippen molar-refractivity contribution in [3.8, 4) is 5.75 Å². The normalized spacial score (nSPS) is 20.6. The molecule has 3 aliphatic rings. The highest BCUT2D eigenvalue weighted by Gasteiger charge is 2.45. The topological polar surface area (TPSA) is 129 Å². The number of hydrogen-bond acceptors (Lipinski definition) is 9. The monoisotopic (exact) mass is 795 g/mol. The van der Waals surface area contributed by atoms with E-state index in [1.807, 2.05) is 17.0 Å². The minimum absolute atomic E-state index is 0.00571.